The van der Waals surface area contributed by atoms with Crippen molar-refractivity contribution in [2.45, 2.75) is 44.1 Å². The molecular weight excluding hydrogens is 406 g/mol. The second kappa shape index (κ2) is 9.58. The monoisotopic (exact) mass is 429 g/mol. The lowest BCUT2D eigenvalue weighted by Crippen LogP contribution is -2.18. The van der Waals surface area contributed by atoms with Gasteiger partial charge in [-0.25, -0.2) is 4.79 Å². The predicted molar refractivity (Wildman–Crippen MR) is 116 cm³/mol. The van der Waals surface area contributed by atoms with Gasteiger partial charge in [0, 0.05) is 16.2 Å². The number of aryl methyl sites for hydroxylation is 2. The van der Waals surface area contributed by atoms with E-state index in [2.05, 4.69) is 6.07 Å². The number of carboxylic acid groups (broad SMARTS) is 1. The first kappa shape index (κ1) is 21.6. The fourth-order valence-corrected chi connectivity index (χ4v) is 5.43. The molecule has 1 aromatic carbocycles. The number of carbonyl (C=O) groups is 1. The number of thiophene rings is 1. The number of hydrogen-bond acceptors (Lipinski definition) is 4. The van der Waals surface area contributed by atoms with Crippen molar-refractivity contribution in [1.29, 1.82) is 5.26 Å². The van der Waals surface area contributed by atoms with Crippen molar-refractivity contribution in [3.05, 3.63) is 62.9 Å². The third-order valence-corrected chi connectivity index (χ3v) is 7.08. The molecule has 6 heteroatoms. The topological polar surface area (TPSA) is 81.3 Å². The second-order valence-electron chi connectivity index (χ2n) is 7.63. The maximum Gasteiger partial charge on any atom is 0.345 e. The van der Waals surface area contributed by atoms with Crippen LogP contribution in [-0.4, -0.2) is 27.7 Å². The van der Waals surface area contributed by atoms with Crippen LogP contribution in [0.2, 0.25) is 0 Å². The van der Waals surface area contributed by atoms with Gasteiger partial charge in [0.15, 0.2) is 0 Å². The summed E-state index contributed by atoms with van der Waals surface area (Å²) in [5.74, 6) is -0.745. The molecule has 1 heterocycles. The Morgan fingerprint density at radius 3 is 2.86 bits per heavy atom. The van der Waals surface area contributed by atoms with E-state index in [1.165, 1.54) is 11.3 Å². The number of carboxylic acids is 1. The highest BCUT2D eigenvalue weighted by Gasteiger charge is 2.39. The number of aliphatic hydroxyl groups excluding tert-OH is 1. The number of aromatic carboxylic acids is 1. The summed E-state index contributed by atoms with van der Waals surface area (Å²) in [6, 6.07) is 11.4. The van der Waals surface area contributed by atoms with Crippen LogP contribution in [0.25, 0.3) is 6.08 Å². The van der Waals surface area contributed by atoms with Crippen molar-refractivity contribution in [1.82, 2.24) is 0 Å². The molecule has 0 unspecified atom stereocenters. The van der Waals surface area contributed by atoms with Crippen molar-refractivity contribution >= 4 is 35.0 Å². The Morgan fingerprint density at radius 2 is 2.17 bits per heavy atom. The lowest BCUT2D eigenvalue weighted by molar-refractivity contribution is 0.0702. The van der Waals surface area contributed by atoms with Crippen LogP contribution in [0.4, 0.5) is 0 Å². The molecule has 2 aromatic rings. The molecule has 1 aromatic heterocycles. The lowest BCUT2D eigenvalue weighted by Gasteiger charge is -2.20. The molecule has 0 aliphatic heterocycles. The molecule has 1 aliphatic carbocycles. The summed E-state index contributed by atoms with van der Waals surface area (Å²) < 4.78 is 0. The van der Waals surface area contributed by atoms with Crippen molar-refractivity contribution in [2.75, 3.05) is 0 Å². The van der Waals surface area contributed by atoms with Crippen molar-refractivity contribution < 1.29 is 15.0 Å². The highest BCUT2D eigenvalue weighted by molar-refractivity contribution is 7.13. The zero-order valence-electron chi connectivity index (χ0n) is 16.2. The minimum Gasteiger partial charge on any atom is -0.477 e. The van der Waals surface area contributed by atoms with E-state index in [1.54, 1.807) is 6.07 Å². The van der Waals surface area contributed by atoms with E-state index in [0.29, 0.717) is 16.9 Å². The largest absolute Gasteiger partial charge is 0.477 e. The summed E-state index contributed by atoms with van der Waals surface area (Å²) in [4.78, 5) is 12.4. The molecule has 1 fully saturated rings. The van der Waals surface area contributed by atoms with Gasteiger partial charge in [-0.1, -0.05) is 18.2 Å². The van der Waals surface area contributed by atoms with Gasteiger partial charge in [0.1, 0.15) is 4.88 Å². The first-order valence-electron chi connectivity index (χ1n) is 9.71. The average Bonchev–Trinajstić information content (AvgIpc) is 3.25. The van der Waals surface area contributed by atoms with Crippen LogP contribution < -0.4 is 0 Å². The second-order valence-corrected chi connectivity index (χ2v) is 9.36. The van der Waals surface area contributed by atoms with Crippen LogP contribution in [0.5, 0.6) is 0 Å². The van der Waals surface area contributed by atoms with Crippen molar-refractivity contribution in [2.24, 2.45) is 11.8 Å². The van der Waals surface area contributed by atoms with Crippen LogP contribution in [0.15, 0.2) is 36.4 Å². The SMILES string of the molecule is Cc1cc(C#N)cc(C=C[C@@H]2[C@@H](CCCc3ccc(C(=O)O)s3)[C@H](Cl)C[C@H]2O)c1. The van der Waals surface area contributed by atoms with Crippen LogP contribution >= 0.6 is 22.9 Å². The van der Waals surface area contributed by atoms with E-state index in [9.17, 15) is 9.90 Å². The summed E-state index contributed by atoms with van der Waals surface area (Å²) in [5.41, 5.74) is 2.60. The quantitative estimate of drug-likeness (QED) is 0.587. The summed E-state index contributed by atoms with van der Waals surface area (Å²) >= 11 is 7.85. The number of hydrogen-bond donors (Lipinski definition) is 2. The van der Waals surface area contributed by atoms with E-state index < -0.39 is 12.1 Å². The first-order valence-corrected chi connectivity index (χ1v) is 11.0. The number of rotatable bonds is 7. The molecule has 0 saturated heterocycles. The molecule has 4 nitrogen and oxygen atoms in total. The molecule has 4 atom stereocenters. The van der Waals surface area contributed by atoms with Crippen LogP contribution in [0.3, 0.4) is 0 Å². The fourth-order valence-electron chi connectivity index (χ4n) is 4.07. The van der Waals surface area contributed by atoms with Gasteiger partial charge in [-0.15, -0.1) is 22.9 Å². The van der Waals surface area contributed by atoms with Gasteiger partial charge in [-0.3, -0.25) is 0 Å². The summed E-state index contributed by atoms with van der Waals surface area (Å²) in [7, 11) is 0. The molecule has 0 spiro atoms. The Balaban J connectivity index is 1.64. The Bertz CT molecular complexity index is 946. The first-order chi connectivity index (χ1) is 13.9. The molecule has 1 saturated carbocycles. The van der Waals surface area contributed by atoms with E-state index in [4.69, 9.17) is 22.0 Å². The number of aliphatic hydroxyl groups is 1. The normalized spacial score (nSPS) is 24.1. The zero-order valence-corrected chi connectivity index (χ0v) is 17.8. The van der Waals surface area contributed by atoms with Gasteiger partial charge in [-0.2, -0.15) is 5.26 Å². The molecule has 0 radical (unpaired) electrons. The maximum atomic E-state index is 11.0. The van der Waals surface area contributed by atoms with E-state index in [-0.39, 0.29) is 17.2 Å². The van der Waals surface area contributed by atoms with Gasteiger partial charge in [0.25, 0.3) is 0 Å². The van der Waals surface area contributed by atoms with Gasteiger partial charge in [0.05, 0.1) is 17.7 Å². The third-order valence-electron chi connectivity index (χ3n) is 5.44. The maximum absolute atomic E-state index is 11.0. The van der Waals surface area contributed by atoms with Crippen LogP contribution in [0, 0.1) is 30.1 Å². The summed E-state index contributed by atoms with van der Waals surface area (Å²) in [6.45, 7) is 1.96. The van der Waals surface area contributed by atoms with E-state index in [0.717, 1.165) is 35.3 Å². The van der Waals surface area contributed by atoms with Gasteiger partial charge >= 0.3 is 5.97 Å². The molecule has 152 valence electrons. The third kappa shape index (κ3) is 5.48. The minimum atomic E-state index is -0.887. The van der Waals surface area contributed by atoms with Gasteiger partial charge in [0.2, 0.25) is 0 Å². The highest BCUT2D eigenvalue weighted by Crippen LogP contribution is 2.40. The highest BCUT2D eigenvalue weighted by atomic mass is 35.5. The average molecular weight is 430 g/mol. The Hall–Kier alpha value is -2.13. The van der Waals surface area contributed by atoms with Crippen LogP contribution in [-0.2, 0) is 6.42 Å². The van der Waals surface area contributed by atoms with Gasteiger partial charge in [-0.05, 0) is 73.9 Å². The summed E-state index contributed by atoms with van der Waals surface area (Å²) in [6.07, 6.45) is 6.68. The Kier molecular flexibility index (Phi) is 7.13. The number of benzene rings is 1. The number of alkyl halides is 1. The Labute approximate surface area is 180 Å². The van der Waals surface area contributed by atoms with E-state index in [1.807, 2.05) is 43.3 Å². The molecule has 1 aliphatic rings. The fraction of sp³-hybridized carbons (Fsp3) is 0.391. The molecule has 0 amide bonds. The summed E-state index contributed by atoms with van der Waals surface area (Å²) in [5, 5.41) is 28.6. The molecular formula is C23H24ClNO3S. The Morgan fingerprint density at radius 1 is 1.38 bits per heavy atom. The molecule has 29 heavy (non-hydrogen) atoms. The molecule has 2 N–H and O–H groups in total. The molecule has 0 bridgehead atoms. The molecule has 3 rings (SSSR count). The van der Waals surface area contributed by atoms with E-state index >= 15 is 0 Å². The van der Waals surface area contributed by atoms with Gasteiger partial charge < -0.3 is 10.2 Å². The zero-order chi connectivity index (χ0) is 21.0. The standard InChI is InChI=1S/C23H24ClNO3S/c1-14-9-15(11-16(10-14)13-25)5-7-19-18(20(24)12-21(19)26)4-2-3-17-6-8-22(29-17)23(27)28/h5-11,18-21,26H,2-4,12H2,1H3,(H,27,28)/t18-,19-,20-,21-/m1/s1. The smallest absolute Gasteiger partial charge is 0.345 e. The van der Waals surface area contributed by atoms with Crippen molar-refractivity contribution in [3.63, 3.8) is 0 Å². The lowest BCUT2D eigenvalue weighted by atomic mass is 9.89. The number of nitriles is 1. The number of halogens is 1. The van der Waals surface area contributed by atoms with Crippen molar-refractivity contribution in [3.8, 4) is 6.07 Å². The number of nitrogens with zero attached hydrogens (tertiary/aromatic N) is 1. The van der Waals surface area contributed by atoms with Crippen LogP contribution in [0.1, 0.15) is 50.5 Å². The predicted octanol–water partition coefficient (Wildman–Crippen LogP) is 5.27. The minimum absolute atomic E-state index is 0.0264.